The first-order valence-electron chi connectivity index (χ1n) is 6.62. The van der Waals surface area contributed by atoms with Gasteiger partial charge in [-0.15, -0.1) is 0 Å². The highest BCUT2D eigenvalue weighted by molar-refractivity contribution is 5.33. The Morgan fingerprint density at radius 3 is 2.58 bits per heavy atom. The molecule has 1 atom stereocenters. The van der Waals surface area contributed by atoms with E-state index < -0.39 is 0 Å². The Morgan fingerprint density at radius 2 is 1.84 bits per heavy atom. The SMILES string of the molecule is Cc1cccc(CNC(C)c2cccc(F)c2)c1C. The number of hydrogen-bond donors (Lipinski definition) is 1. The molecule has 2 aromatic carbocycles. The molecule has 0 fully saturated rings. The fourth-order valence-corrected chi connectivity index (χ4v) is 2.16. The number of benzene rings is 2. The Hall–Kier alpha value is -1.67. The summed E-state index contributed by atoms with van der Waals surface area (Å²) in [4.78, 5) is 0. The summed E-state index contributed by atoms with van der Waals surface area (Å²) in [7, 11) is 0. The summed E-state index contributed by atoms with van der Waals surface area (Å²) in [5.74, 6) is -0.183. The molecule has 1 N–H and O–H groups in total. The fourth-order valence-electron chi connectivity index (χ4n) is 2.16. The maximum absolute atomic E-state index is 13.2. The highest BCUT2D eigenvalue weighted by atomic mass is 19.1. The predicted molar refractivity (Wildman–Crippen MR) is 77.6 cm³/mol. The van der Waals surface area contributed by atoms with Crippen molar-refractivity contribution in [1.82, 2.24) is 5.32 Å². The van der Waals surface area contributed by atoms with Gasteiger partial charge in [-0.1, -0.05) is 30.3 Å². The molecule has 0 spiro atoms. The van der Waals surface area contributed by atoms with E-state index in [1.54, 1.807) is 12.1 Å². The topological polar surface area (TPSA) is 12.0 Å². The largest absolute Gasteiger partial charge is 0.306 e. The highest BCUT2D eigenvalue weighted by Crippen LogP contribution is 2.16. The molecule has 2 rings (SSSR count). The third-order valence-corrected chi connectivity index (χ3v) is 3.66. The Bertz CT molecular complexity index is 563. The summed E-state index contributed by atoms with van der Waals surface area (Å²) in [5.41, 5.74) is 4.90. The summed E-state index contributed by atoms with van der Waals surface area (Å²) >= 11 is 0. The minimum absolute atomic E-state index is 0.135. The van der Waals surface area contributed by atoms with Crippen molar-refractivity contribution in [2.24, 2.45) is 0 Å². The number of halogens is 1. The lowest BCUT2D eigenvalue weighted by molar-refractivity contribution is 0.564. The fraction of sp³-hybridized carbons (Fsp3) is 0.294. The molecule has 0 saturated heterocycles. The molecule has 100 valence electrons. The van der Waals surface area contributed by atoms with Gasteiger partial charge < -0.3 is 5.32 Å². The van der Waals surface area contributed by atoms with Gasteiger partial charge >= 0.3 is 0 Å². The van der Waals surface area contributed by atoms with E-state index in [1.165, 1.54) is 22.8 Å². The first-order valence-corrected chi connectivity index (χ1v) is 6.62. The molecule has 1 nitrogen and oxygen atoms in total. The molecule has 0 aromatic heterocycles. The molecule has 0 aliphatic heterocycles. The molecule has 0 amide bonds. The Kier molecular flexibility index (Phi) is 4.33. The smallest absolute Gasteiger partial charge is 0.123 e. The minimum atomic E-state index is -0.183. The van der Waals surface area contributed by atoms with E-state index in [2.05, 4.69) is 44.3 Å². The molecule has 1 unspecified atom stereocenters. The summed E-state index contributed by atoms with van der Waals surface area (Å²) in [6.45, 7) is 7.11. The number of aryl methyl sites for hydroxylation is 1. The maximum Gasteiger partial charge on any atom is 0.123 e. The van der Waals surface area contributed by atoms with E-state index in [1.807, 2.05) is 6.07 Å². The Morgan fingerprint density at radius 1 is 1.11 bits per heavy atom. The monoisotopic (exact) mass is 257 g/mol. The molecule has 0 saturated carbocycles. The van der Waals surface area contributed by atoms with Gasteiger partial charge in [0.25, 0.3) is 0 Å². The Balaban J connectivity index is 2.04. The van der Waals surface area contributed by atoms with Gasteiger partial charge in [0.05, 0.1) is 0 Å². The van der Waals surface area contributed by atoms with E-state index in [0.29, 0.717) is 0 Å². The van der Waals surface area contributed by atoms with Crippen molar-refractivity contribution in [3.8, 4) is 0 Å². The number of rotatable bonds is 4. The molecule has 0 heterocycles. The van der Waals surface area contributed by atoms with Crippen LogP contribution in [-0.4, -0.2) is 0 Å². The van der Waals surface area contributed by atoms with Gasteiger partial charge in [0.2, 0.25) is 0 Å². The first-order chi connectivity index (χ1) is 9.08. The van der Waals surface area contributed by atoms with Crippen LogP contribution in [0.2, 0.25) is 0 Å². The molecule has 0 aliphatic rings. The third kappa shape index (κ3) is 3.42. The third-order valence-electron chi connectivity index (χ3n) is 3.66. The average molecular weight is 257 g/mol. The second-order valence-electron chi connectivity index (χ2n) is 5.02. The van der Waals surface area contributed by atoms with E-state index in [9.17, 15) is 4.39 Å². The lowest BCUT2D eigenvalue weighted by Crippen LogP contribution is -2.18. The van der Waals surface area contributed by atoms with Crippen molar-refractivity contribution in [1.29, 1.82) is 0 Å². The molecule has 0 bridgehead atoms. The van der Waals surface area contributed by atoms with Gasteiger partial charge in [0.1, 0.15) is 5.82 Å². The quantitative estimate of drug-likeness (QED) is 0.861. The van der Waals surface area contributed by atoms with Gasteiger partial charge in [-0.3, -0.25) is 0 Å². The van der Waals surface area contributed by atoms with Crippen molar-refractivity contribution in [3.05, 3.63) is 70.5 Å². The highest BCUT2D eigenvalue weighted by Gasteiger charge is 2.07. The van der Waals surface area contributed by atoms with Crippen LogP contribution in [0.25, 0.3) is 0 Å². The van der Waals surface area contributed by atoms with Gasteiger partial charge in [-0.2, -0.15) is 0 Å². The normalized spacial score (nSPS) is 12.4. The maximum atomic E-state index is 13.2. The summed E-state index contributed by atoms with van der Waals surface area (Å²) in [6.07, 6.45) is 0. The predicted octanol–water partition coefficient (Wildman–Crippen LogP) is 4.29. The van der Waals surface area contributed by atoms with Gasteiger partial charge in [0, 0.05) is 12.6 Å². The molecule has 2 heteroatoms. The zero-order chi connectivity index (χ0) is 13.8. The molecule has 19 heavy (non-hydrogen) atoms. The van der Waals surface area contributed by atoms with Gasteiger partial charge in [0.15, 0.2) is 0 Å². The molecule has 0 radical (unpaired) electrons. The van der Waals surface area contributed by atoms with Crippen LogP contribution in [0.15, 0.2) is 42.5 Å². The molecule has 0 aliphatic carbocycles. The van der Waals surface area contributed by atoms with Crippen molar-refractivity contribution < 1.29 is 4.39 Å². The van der Waals surface area contributed by atoms with E-state index in [0.717, 1.165) is 12.1 Å². The zero-order valence-electron chi connectivity index (χ0n) is 11.7. The lowest BCUT2D eigenvalue weighted by Gasteiger charge is -2.16. The molecular weight excluding hydrogens is 237 g/mol. The van der Waals surface area contributed by atoms with E-state index in [4.69, 9.17) is 0 Å². The van der Waals surface area contributed by atoms with Crippen molar-refractivity contribution in [2.75, 3.05) is 0 Å². The summed E-state index contributed by atoms with van der Waals surface area (Å²) in [6, 6.07) is 13.2. The molecule has 2 aromatic rings. The van der Waals surface area contributed by atoms with Crippen LogP contribution in [0.3, 0.4) is 0 Å². The van der Waals surface area contributed by atoms with Gasteiger partial charge in [-0.25, -0.2) is 4.39 Å². The van der Waals surface area contributed by atoms with Crippen LogP contribution in [-0.2, 0) is 6.54 Å². The number of nitrogens with one attached hydrogen (secondary N) is 1. The first kappa shape index (κ1) is 13.8. The van der Waals surface area contributed by atoms with Crippen LogP contribution < -0.4 is 5.32 Å². The van der Waals surface area contributed by atoms with Crippen molar-refractivity contribution >= 4 is 0 Å². The van der Waals surface area contributed by atoms with Gasteiger partial charge in [-0.05, 0) is 55.2 Å². The minimum Gasteiger partial charge on any atom is -0.306 e. The summed E-state index contributed by atoms with van der Waals surface area (Å²) in [5, 5.41) is 3.44. The van der Waals surface area contributed by atoms with Crippen LogP contribution in [0.1, 0.15) is 35.2 Å². The van der Waals surface area contributed by atoms with Crippen LogP contribution in [0.5, 0.6) is 0 Å². The van der Waals surface area contributed by atoms with Crippen LogP contribution in [0, 0.1) is 19.7 Å². The van der Waals surface area contributed by atoms with Crippen LogP contribution >= 0.6 is 0 Å². The second kappa shape index (κ2) is 5.98. The van der Waals surface area contributed by atoms with E-state index >= 15 is 0 Å². The number of hydrogen-bond acceptors (Lipinski definition) is 1. The van der Waals surface area contributed by atoms with E-state index in [-0.39, 0.29) is 11.9 Å². The Labute approximate surface area is 114 Å². The van der Waals surface area contributed by atoms with Crippen molar-refractivity contribution in [3.63, 3.8) is 0 Å². The lowest BCUT2D eigenvalue weighted by atomic mass is 10.0. The van der Waals surface area contributed by atoms with Crippen molar-refractivity contribution in [2.45, 2.75) is 33.4 Å². The standard InChI is InChI=1S/C17H20FN/c1-12-6-4-8-16(13(12)2)11-19-14(3)15-7-5-9-17(18)10-15/h4-10,14,19H,11H2,1-3H3. The molecular formula is C17H20FN. The average Bonchev–Trinajstić information content (AvgIpc) is 2.40. The second-order valence-corrected chi connectivity index (χ2v) is 5.02. The summed E-state index contributed by atoms with van der Waals surface area (Å²) < 4.78 is 13.2. The van der Waals surface area contributed by atoms with Crippen LogP contribution in [0.4, 0.5) is 4.39 Å². The zero-order valence-corrected chi connectivity index (χ0v) is 11.7.